The molecule has 0 saturated carbocycles. The lowest BCUT2D eigenvalue weighted by Gasteiger charge is -2.11. The summed E-state index contributed by atoms with van der Waals surface area (Å²) >= 11 is 0.729. The zero-order valence-corrected chi connectivity index (χ0v) is 16.4. The molecule has 150 valence electrons. The summed E-state index contributed by atoms with van der Waals surface area (Å²) in [6.45, 7) is 1.09. The van der Waals surface area contributed by atoms with Gasteiger partial charge in [-0.1, -0.05) is 6.07 Å². The van der Waals surface area contributed by atoms with Gasteiger partial charge in [0.15, 0.2) is 18.1 Å². The van der Waals surface area contributed by atoms with Crippen molar-refractivity contribution in [3.05, 3.63) is 28.7 Å². The Labute approximate surface area is 165 Å². The molecule has 0 atom stereocenters. The number of ether oxygens (including phenoxy) is 4. The van der Waals surface area contributed by atoms with E-state index in [0.29, 0.717) is 17.1 Å². The second-order valence-corrected chi connectivity index (χ2v) is 6.34. The molecule has 1 fully saturated rings. The van der Waals surface area contributed by atoms with Crippen LogP contribution in [0.3, 0.4) is 0 Å². The van der Waals surface area contributed by atoms with Gasteiger partial charge in [-0.25, -0.2) is 4.79 Å². The molecule has 0 bridgehead atoms. The maximum atomic E-state index is 12.4. The molecule has 0 unspecified atom stereocenters. The van der Waals surface area contributed by atoms with E-state index in [0.717, 1.165) is 16.7 Å². The standard InChI is InChI=1S/C18H19NO8S/c1-4-26-15(20)9-19-17(22)14(28-18(19)23)8-11-5-6-12(13(7-11)24-2)27-10-16(21)25-3/h5-8H,4,9-10H2,1-3H3/b14-8+. The van der Waals surface area contributed by atoms with Crippen LogP contribution in [0.2, 0.25) is 0 Å². The lowest BCUT2D eigenvalue weighted by molar-refractivity contribution is -0.146. The molecular formula is C18H19NO8S. The minimum Gasteiger partial charge on any atom is -0.493 e. The molecule has 1 heterocycles. The number of imide groups is 1. The topological polar surface area (TPSA) is 108 Å². The van der Waals surface area contributed by atoms with E-state index in [1.54, 1.807) is 25.1 Å². The summed E-state index contributed by atoms with van der Waals surface area (Å²) < 4.78 is 19.8. The highest BCUT2D eigenvalue weighted by atomic mass is 32.2. The maximum absolute atomic E-state index is 12.4. The van der Waals surface area contributed by atoms with Gasteiger partial charge in [-0.05, 0) is 42.5 Å². The lowest BCUT2D eigenvalue weighted by Crippen LogP contribution is -2.34. The van der Waals surface area contributed by atoms with Crippen molar-refractivity contribution in [2.75, 3.05) is 34.0 Å². The molecule has 0 spiro atoms. The lowest BCUT2D eigenvalue weighted by atomic mass is 10.2. The number of benzene rings is 1. The largest absolute Gasteiger partial charge is 0.493 e. The first-order valence-electron chi connectivity index (χ1n) is 8.18. The number of esters is 2. The fraction of sp³-hybridized carbons (Fsp3) is 0.333. The van der Waals surface area contributed by atoms with Gasteiger partial charge in [-0.3, -0.25) is 19.3 Å². The van der Waals surface area contributed by atoms with Crippen LogP contribution in [-0.2, 0) is 23.9 Å². The third kappa shape index (κ3) is 5.26. The van der Waals surface area contributed by atoms with Gasteiger partial charge in [0.25, 0.3) is 11.1 Å². The van der Waals surface area contributed by atoms with Gasteiger partial charge in [0.05, 0.1) is 25.7 Å². The van der Waals surface area contributed by atoms with Gasteiger partial charge >= 0.3 is 11.9 Å². The first-order valence-corrected chi connectivity index (χ1v) is 8.99. The van der Waals surface area contributed by atoms with Crippen LogP contribution in [-0.4, -0.2) is 62.0 Å². The van der Waals surface area contributed by atoms with Gasteiger partial charge in [0.2, 0.25) is 0 Å². The number of hydrogen-bond donors (Lipinski definition) is 0. The molecule has 1 aliphatic heterocycles. The number of hydrogen-bond acceptors (Lipinski definition) is 9. The molecule has 28 heavy (non-hydrogen) atoms. The Bertz CT molecular complexity index is 820. The third-order valence-corrected chi connectivity index (χ3v) is 4.43. The Hall–Kier alpha value is -3.01. The molecule has 2 amide bonds. The van der Waals surface area contributed by atoms with Crippen LogP contribution in [0.1, 0.15) is 12.5 Å². The minimum absolute atomic E-state index is 0.162. The monoisotopic (exact) mass is 409 g/mol. The molecule has 2 rings (SSSR count). The number of thioether (sulfide) groups is 1. The number of carbonyl (C=O) groups excluding carboxylic acids is 4. The Morgan fingerprint density at radius 1 is 1.14 bits per heavy atom. The van der Waals surface area contributed by atoms with Gasteiger partial charge in [0.1, 0.15) is 6.54 Å². The number of rotatable bonds is 8. The van der Waals surface area contributed by atoms with Crippen LogP contribution >= 0.6 is 11.8 Å². The van der Waals surface area contributed by atoms with E-state index >= 15 is 0 Å². The van der Waals surface area contributed by atoms with E-state index in [9.17, 15) is 19.2 Å². The van der Waals surface area contributed by atoms with Crippen LogP contribution in [0.5, 0.6) is 11.5 Å². The van der Waals surface area contributed by atoms with Gasteiger partial charge in [-0.15, -0.1) is 0 Å². The molecule has 10 heteroatoms. The average Bonchev–Trinajstić information content (AvgIpc) is 2.94. The first-order chi connectivity index (χ1) is 13.4. The zero-order chi connectivity index (χ0) is 20.7. The molecule has 1 aromatic rings. The van der Waals surface area contributed by atoms with Crippen molar-refractivity contribution in [3.63, 3.8) is 0 Å². The van der Waals surface area contributed by atoms with Crippen LogP contribution in [0, 0.1) is 0 Å². The Morgan fingerprint density at radius 2 is 1.89 bits per heavy atom. The van der Waals surface area contributed by atoms with Crippen molar-refractivity contribution in [2.45, 2.75) is 6.92 Å². The summed E-state index contributed by atoms with van der Waals surface area (Å²) in [6, 6.07) is 4.79. The summed E-state index contributed by atoms with van der Waals surface area (Å²) in [7, 11) is 2.68. The van der Waals surface area contributed by atoms with Crippen molar-refractivity contribution in [1.29, 1.82) is 0 Å². The Morgan fingerprint density at radius 3 is 2.54 bits per heavy atom. The molecule has 1 aromatic carbocycles. The quantitative estimate of drug-likeness (QED) is 0.469. The highest BCUT2D eigenvalue weighted by Crippen LogP contribution is 2.34. The second kappa shape index (κ2) is 9.79. The molecule has 1 saturated heterocycles. The summed E-state index contributed by atoms with van der Waals surface area (Å²) in [5.74, 6) is -1.11. The fourth-order valence-corrected chi connectivity index (χ4v) is 3.05. The normalized spacial score (nSPS) is 15.0. The smallest absolute Gasteiger partial charge is 0.343 e. The summed E-state index contributed by atoms with van der Waals surface area (Å²) in [4.78, 5) is 48.1. The van der Waals surface area contributed by atoms with E-state index in [4.69, 9.17) is 14.2 Å². The molecule has 0 aliphatic carbocycles. The van der Waals surface area contributed by atoms with Crippen LogP contribution in [0.25, 0.3) is 6.08 Å². The third-order valence-electron chi connectivity index (χ3n) is 3.52. The minimum atomic E-state index is -0.653. The maximum Gasteiger partial charge on any atom is 0.343 e. The van der Waals surface area contributed by atoms with E-state index < -0.39 is 29.6 Å². The highest BCUT2D eigenvalue weighted by molar-refractivity contribution is 8.18. The molecule has 1 aliphatic rings. The van der Waals surface area contributed by atoms with Gasteiger partial charge < -0.3 is 18.9 Å². The molecule has 0 N–H and O–H groups in total. The van der Waals surface area contributed by atoms with E-state index in [1.807, 2.05) is 0 Å². The zero-order valence-electron chi connectivity index (χ0n) is 15.6. The number of methoxy groups -OCH3 is 2. The average molecular weight is 409 g/mol. The Balaban J connectivity index is 2.16. The highest BCUT2D eigenvalue weighted by Gasteiger charge is 2.36. The van der Waals surface area contributed by atoms with Crippen LogP contribution in [0.15, 0.2) is 23.1 Å². The van der Waals surface area contributed by atoms with Gasteiger partial charge in [-0.2, -0.15) is 0 Å². The van der Waals surface area contributed by atoms with Crippen molar-refractivity contribution in [1.82, 2.24) is 4.90 Å². The molecule has 0 aromatic heterocycles. The number of carbonyl (C=O) groups is 4. The summed E-state index contributed by atoms with van der Waals surface area (Å²) in [5, 5.41) is -0.547. The van der Waals surface area contributed by atoms with Crippen LogP contribution < -0.4 is 9.47 Å². The first kappa shape index (κ1) is 21.3. The number of nitrogens with zero attached hydrogens (tertiary/aromatic N) is 1. The van der Waals surface area contributed by atoms with E-state index in [1.165, 1.54) is 20.3 Å². The predicted molar refractivity (Wildman–Crippen MR) is 99.8 cm³/mol. The summed E-state index contributed by atoms with van der Waals surface area (Å²) in [6.07, 6.45) is 1.50. The molecule has 9 nitrogen and oxygen atoms in total. The second-order valence-electron chi connectivity index (χ2n) is 5.35. The van der Waals surface area contributed by atoms with Crippen molar-refractivity contribution in [3.8, 4) is 11.5 Å². The fourth-order valence-electron chi connectivity index (χ4n) is 2.21. The number of amides is 2. The molecule has 0 radical (unpaired) electrons. The van der Waals surface area contributed by atoms with Crippen molar-refractivity contribution in [2.24, 2.45) is 0 Å². The van der Waals surface area contributed by atoms with E-state index in [2.05, 4.69) is 4.74 Å². The summed E-state index contributed by atoms with van der Waals surface area (Å²) in [5.41, 5.74) is 0.573. The van der Waals surface area contributed by atoms with Crippen LogP contribution in [0.4, 0.5) is 4.79 Å². The van der Waals surface area contributed by atoms with Crippen molar-refractivity contribution >= 4 is 40.9 Å². The predicted octanol–water partition coefficient (Wildman–Crippen LogP) is 1.85. The van der Waals surface area contributed by atoms with Crippen molar-refractivity contribution < 1.29 is 38.1 Å². The van der Waals surface area contributed by atoms with Gasteiger partial charge in [0, 0.05) is 0 Å². The SMILES string of the molecule is CCOC(=O)CN1C(=O)S/C(=C/c2ccc(OCC(=O)OC)c(OC)c2)C1=O. The Kier molecular flexibility index (Phi) is 7.44. The van der Waals surface area contributed by atoms with E-state index in [-0.39, 0.29) is 18.1 Å². The molecular weight excluding hydrogens is 390 g/mol.